The lowest BCUT2D eigenvalue weighted by Gasteiger charge is -2.37. The zero-order valence-corrected chi connectivity index (χ0v) is 28.0. The van der Waals surface area contributed by atoms with Crippen LogP contribution in [0.15, 0.2) is 206 Å². The molecule has 2 aromatic heterocycles. The van der Waals surface area contributed by atoms with Gasteiger partial charge in [-0.15, -0.1) is 0 Å². The summed E-state index contributed by atoms with van der Waals surface area (Å²) in [6, 6.07) is 75.5. The van der Waals surface area contributed by atoms with E-state index in [1.807, 2.05) is 0 Å². The Bertz CT molecular complexity index is 2510. The summed E-state index contributed by atoms with van der Waals surface area (Å²) in [6.45, 7) is 0. The molecule has 0 aliphatic carbocycles. The fourth-order valence-corrected chi connectivity index (χ4v) is 8.54. The second kappa shape index (κ2) is 11.8. The highest BCUT2D eigenvalue weighted by Crippen LogP contribution is 2.47. The first kappa shape index (κ1) is 29.3. The average Bonchev–Trinajstić information content (AvgIpc) is 3.73. The fraction of sp³-hybridized carbons (Fsp3) is 0.0204. The van der Waals surface area contributed by atoms with E-state index in [9.17, 15) is 0 Å². The fourth-order valence-electron chi connectivity index (χ4n) is 8.54. The van der Waals surface area contributed by atoms with Gasteiger partial charge in [0.05, 0.1) is 27.5 Å². The van der Waals surface area contributed by atoms with Crippen molar-refractivity contribution in [2.24, 2.45) is 0 Å². The van der Waals surface area contributed by atoms with Gasteiger partial charge >= 0.3 is 0 Å². The molecule has 0 saturated heterocycles. The minimum Gasteiger partial charge on any atom is -0.309 e. The van der Waals surface area contributed by atoms with E-state index in [1.54, 1.807) is 0 Å². The average molecular weight is 651 g/mol. The largest absolute Gasteiger partial charge is 0.309 e. The summed E-state index contributed by atoms with van der Waals surface area (Å²) >= 11 is 0. The quantitative estimate of drug-likeness (QED) is 0.159. The number of aromatic nitrogens is 2. The molecule has 0 saturated carbocycles. The first-order valence-corrected chi connectivity index (χ1v) is 17.6. The van der Waals surface area contributed by atoms with Crippen LogP contribution in [0, 0.1) is 0 Å². The Balaban J connectivity index is 1.41. The molecule has 0 N–H and O–H groups in total. The lowest BCUT2D eigenvalue weighted by Crippen LogP contribution is -2.31. The number of rotatable bonds is 6. The normalized spacial score (nSPS) is 11.9. The molecule has 0 aliphatic heterocycles. The van der Waals surface area contributed by atoms with Gasteiger partial charge in [-0.25, -0.2) is 0 Å². The Kier molecular flexibility index (Phi) is 6.75. The Morgan fingerprint density at radius 2 is 0.529 bits per heavy atom. The van der Waals surface area contributed by atoms with E-state index >= 15 is 0 Å². The van der Waals surface area contributed by atoms with Crippen molar-refractivity contribution in [1.29, 1.82) is 0 Å². The molecular formula is C49H34N2. The molecule has 10 aromatic rings. The summed E-state index contributed by atoms with van der Waals surface area (Å²) in [5.74, 6) is 0. The zero-order chi connectivity index (χ0) is 33.8. The summed E-state index contributed by atoms with van der Waals surface area (Å²) < 4.78 is 4.91. The maximum atomic E-state index is 2.46. The molecule has 8 aromatic carbocycles. The lowest BCUT2D eigenvalue weighted by atomic mass is 9.65. The topological polar surface area (TPSA) is 9.86 Å². The van der Waals surface area contributed by atoms with Crippen LogP contribution < -0.4 is 0 Å². The second-order valence-electron chi connectivity index (χ2n) is 13.3. The Morgan fingerprint density at radius 3 is 0.843 bits per heavy atom. The second-order valence-corrected chi connectivity index (χ2v) is 13.3. The predicted molar refractivity (Wildman–Crippen MR) is 213 cm³/mol. The highest BCUT2D eigenvalue weighted by Gasteiger charge is 2.39. The van der Waals surface area contributed by atoms with E-state index in [0.29, 0.717) is 0 Å². The smallest absolute Gasteiger partial charge is 0.0703 e. The molecule has 0 spiro atoms. The predicted octanol–water partition coefficient (Wildman–Crippen LogP) is 12.3. The first-order chi connectivity index (χ1) is 25.3. The van der Waals surface area contributed by atoms with Gasteiger partial charge in [0, 0.05) is 32.9 Å². The number of para-hydroxylation sites is 4. The molecule has 0 aliphatic rings. The highest BCUT2D eigenvalue weighted by molar-refractivity contribution is 6.10. The van der Waals surface area contributed by atoms with Gasteiger partial charge in [0.1, 0.15) is 0 Å². The van der Waals surface area contributed by atoms with Crippen LogP contribution in [0.5, 0.6) is 0 Å². The van der Waals surface area contributed by atoms with Crippen molar-refractivity contribution in [3.63, 3.8) is 0 Å². The third-order valence-electron chi connectivity index (χ3n) is 10.6. The van der Waals surface area contributed by atoms with Crippen LogP contribution in [-0.2, 0) is 5.41 Å². The van der Waals surface area contributed by atoms with Crippen molar-refractivity contribution in [2.45, 2.75) is 5.41 Å². The molecule has 0 unspecified atom stereocenters. The van der Waals surface area contributed by atoms with Crippen molar-refractivity contribution in [1.82, 2.24) is 9.13 Å². The van der Waals surface area contributed by atoms with Gasteiger partial charge in [0.15, 0.2) is 0 Å². The lowest BCUT2D eigenvalue weighted by molar-refractivity contribution is 0.743. The van der Waals surface area contributed by atoms with Crippen molar-refractivity contribution in [2.75, 3.05) is 0 Å². The summed E-state index contributed by atoms with van der Waals surface area (Å²) in [7, 11) is 0. The van der Waals surface area contributed by atoms with Gasteiger partial charge in [-0.3, -0.25) is 0 Å². The first-order valence-electron chi connectivity index (χ1n) is 17.6. The molecule has 2 nitrogen and oxygen atoms in total. The van der Waals surface area contributed by atoms with Crippen LogP contribution in [0.4, 0.5) is 0 Å². The zero-order valence-electron chi connectivity index (χ0n) is 28.0. The molecule has 0 atom stereocenters. The maximum absolute atomic E-state index is 2.46. The van der Waals surface area contributed by atoms with Crippen molar-refractivity contribution in [3.05, 3.63) is 229 Å². The molecular weight excluding hydrogens is 617 g/mol. The van der Waals surface area contributed by atoms with E-state index in [1.165, 1.54) is 65.9 Å². The Labute approximate surface area is 297 Å². The van der Waals surface area contributed by atoms with E-state index in [2.05, 4.69) is 215 Å². The Hall–Kier alpha value is -6.64. The molecule has 0 radical (unpaired) electrons. The van der Waals surface area contributed by atoms with E-state index in [0.717, 1.165) is 11.4 Å². The molecule has 2 heterocycles. The third-order valence-corrected chi connectivity index (χ3v) is 10.6. The minimum absolute atomic E-state index is 0.619. The molecule has 0 amide bonds. The number of benzene rings is 8. The monoisotopic (exact) mass is 650 g/mol. The van der Waals surface area contributed by atoms with E-state index < -0.39 is 5.41 Å². The van der Waals surface area contributed by atoms with Gasteiger partial charge in [0.25, 0.3) is 0 Å². The molecule has 0 fully saturated rings. The van der Waals surface area contributed by atoms with Crippen LogP contribution >= 0.6 is 0 Å². The number of fused-ring (bicyclic) bond motifs is 6. The van der Waals surface area contributed by atoms with Crippen LogP contribution in [0.3, 0.4) is 0 Å². The minimum atomic E-state index is -0.619. The standard InChI is InChI=1S/C49H34N2/c1-4-18-35(19-5-1)49(36-20-6-2-7-21-36,37-22-8-3-9-23-37)38-32-39(50-45-28-14-10-24-41(45)42-25-11-15-29-46(42)50)34-40(33-38)51-47-30-16-12-26-43(47)44-27-13-17-31-48(44)51/h1-34H. The summed E-state index contributed by atoms with van der Waals surface area (Å²) in [4.78, 5) is 0. The van der Waals surface area contributed by atoms with Crippen LogP contribution in [0.2, 0.25) is 0 Å². The van der Waals surface area contributed by atoms with E-state index in [4.69, 9.17) is 0 Å². The number of nitrogens with zero attached hydrogens (tertiary/aromatic N) is 2. The molecule has 0 bridgehead atoms. The SMILES string of the molecule is c1ccc(C(c2ccccc2)(c2ccccc2)c2cc(-n3c4ccccc4c4ccccc43)cc(-n3c4ccccc4c4ccccc43)c2)cc1. The number of hydrogen-bond donors (Lipinski definition) is 0. The highest BCUT2D eigenvalue weighted by atomic mass is 15.0. The van der Waals surface area contributed by atoms with Crippen LogP contribution in [0.25, 0.3) is 55.0 Å². The third kappa shape index (κ3) is 4.43. The molecule has 10 rings (SSSR count). The van der Waals surface area contributed by atoms with E-state index in [-0.39, 0.29) is 0 Å². The van der Waals surface area contributed by atoms with Crippen LogP contribution in [-0.4, -0.2) is 9.13 Å². The summed E-state index contributed by atoms with van der Waals surface area (Å²) in [6.07, 6.45) is 0. The molecule has 51 heavy (non-hydrogen) atoms. The van der Waals surface area contributed by atoms with Gasteiger partial charge < -0.3 is 9.13 Å². The van der Waals surface area contributed by atoms with Gasteiger partial charge in [-0.1, -0.05) is 164 Å². The summed E-state index contributed by atoms with van der Waals surface area (Å²) in [5, 5.41) is 4.99. The Morgan fingerprint density at radius 1 is 0.255 bits per heavy atom. The van der Waals surface area contributed by atoms with Crippen LogP contribution in [0.1, 0.15) is 22.3 Å². The van der Waals surface area contributed by atoms with Crippen molar-refractivity contribution in [3.8, 4) is 11.4 Å². The van der Waals surface area contributed by atoms with Gasteiger partial charge in [-0.2, -0.15) is 0 Å². The van der Waals surface area contributed by atoms with Crippen molar-refractivity contribution >= 4 is 43.6 Å². The number of hydrogen-bond acceptors (Lipinski definition) is 0. The molecule has 240 valence electrons. The molecule has 2 heteroatoms. The van der Waals surface area contributed by atoms with Gasteiger partial charge in [0.2, 0.25) is 0 Å². The summed E-state index contributed by atoms with van der Waals surface area (Å²) in [5.41, 5.74) is 11.2. The van der Waals surface area contributed by atoms with Crippen molar-refractivity contribution < 1.29 is 0 Å². The van der Waals surface area contributed by atoms with Gasteiger partial charge in [-0.05, 0) is 64.7 Å². The maximum Gasteiger partial charge on any atom is 0.0703 e.